The van der Waals surface area contributed by atoms with Crippen LogP contribution in [-0.4, -0.2) is 36.4 Å². The van der Waals surface area contributed by atoms with Crippen molar-refractivity contribution in [2.24, 2.45) is 5.10 Å². The lowest BCUT2D eigenvalue weighted by atomic mass is 10.0. The first-order valence-electron chi connectivity index (χ1n) is 9.86. The minimum Gasteiger partial charge on any atom is -0.277 e. The lowest BCUT2D eigenvalue weighted by molar-refractivity contribution is -0.385. The van der Waals surface area contributed by atoms with Crippen LogP contribution in [-0.2, 0) is 10.0 Å². The number of non-ortho nitro benzene ring substituents is 1. The molecule has 0 unspecified atom stereocenters. The third-order valence-corrected chi connectivity index (χ3v) is 7.10. The fraction of sp³-hybridized carbons (Fsp3) is 0.227. The van der Waals surface area contributed by atoms with Crippen molar-refractivity contribution in [1.29, 1.82) is 0 Å². The van der Waals surface area contributed by atoms with Gasteiger partial charge in [0.15, 0.2) is 0 Å². The standard InChI is InChI=1S/C22H24N4O4S/c1-4-25(5-2)31(29,30)22-15-20(26(27)28)12-13-21(22)24-23-16(3)18-11-10-17-8-6-7-9-19(17)14-18/h6-15,24H,4-5H2,1-3H3/b23-16+. The maximum absolute atomic E-state index is 13.1. The smallest absolute Gasteiger partial charge is 0.270 e. The molecule has 0 aliphatic carbocycles. The van der Waals surface area contributed by atoms with E-state index in [1.807, 2.05) is 42.5 Å². The third kappa shape index (κ3) is 4.73. The van der Waals surface area contributed by atoms with Crippen molar-refractivity contribution in [3.8, 4) is 0 Å². The molecule has 0 aliphatic rings. The molecule has 31 heavy (non-hydrogen) atoms. The predicted octanol–water partition coefficient (Wildman–Crippen LogP) is 4.61. The summed E-state index contributed by atoms with van der Waals surface area (Å²) in [4.78, 5) is 10.4. The minimum atomic E-state index is -3.93. The molecule has 0 amide bonds. The van der Waals surface area contributed by atoms with Gasteiger partial charge in [-0.3, -0.25) is 15.5 Å². The fourth-order valence-electron chi connectivity index (χ4n) is 3.26. The zero-order valence-electron chi connectivity index (χ0n) is 17.6. The van der Waals surface area contributed by atoms with Crippen LogP contribution >= 0.6 is 0 Å². The Hall–Kier alpha value is -3.30. The monoisotopic (exact) mass is 440 g/mol. The van der Waals surface area contributed by atoms with E-state index in [2.05, 4.69) is 10.5 Å². The van der Waals surface area contributed by atoms with E-state index in [1.54, 1.807) is 20.8 Å². The summed E-state index contributed by atoms with van der Waals surface area (Å²) < 4.78 is 27.4. The summed E-state index contributed by atoms with van der Waals surface area (Å²) in [5.41, 5.74) is 4.20. The Balaban J connectivity index is 2.00. The summed E-state index contributed by atoms with van der Waals surface area (Å²) >= 11 is 0. The van der Waals surface area contributed by atoms with E-state index in [0.29, 0.717) is 5.71 Å². The topological polar surface area (TPSA) is 105 Å². The number of sulfonamides is 1. The second-order valence-corrected chi connectivity index (χ2v) is 8.80. The van der Waals surface area contributed by atoms with Gasteiger partial charge in [0.25, 0.3) is 5.69 Å². The van der Waals surface area contributed by atoms with Crippen LogP contribution in [0.1, 0.15) is 26.3 Å². The highest BCUT2D eigenvalue weighted by molar-refractivity contribution is 7.89. The van der Waals surface area contributed by atoms with Crippen LogP contribution in [0.2, 0.25) is 0 Å². The molecule has 0 aromatic heterocycles. The number of nitro benzene ring substituents is 1. The van der Waals surface area contributed by atoms with Crippen LogP contribution in [0.4, 0.5) is 11.4 Å². The number of fused-ring (bicyclic) bond motifs is 1. The zero-order valence-corrected chi connectivity index (χ0v) is 18.4. The number of anilines is 1. The summed E-state index contributed by atoms with van der Waals surface area (Å²) in [7, 11) is -3.93. The number of hydrogen-bond acceptors (Lipinski definition) is 6. The number of rotatable bonds is 8. The highest BCUT2D eigenvalue weighted by Gasteiger charge is 2.27. The number of nitrogens with one attached hydrogen (secondary N) is 1. The molecular weight excluding hydrogens is 416 g/mol. The minimum absolute atomic E-state index is 0.178. The molecule has 9 heteroatoms. The fourth-order valence-corrected chi connectivity index (χ4v) is 4.88. The first-order valence-corrected chi connectivity index (χ1v) is 11.3. The first-order chi connectivity index (χ1) is 14.8. The third-order valence-electron chi connectivity index (χ3n) is 5.01. The summed E-state index contributed by atoms with van der Waals surface area (Å²) in [6, 6.07) is 17.6. The lowest BCUT2D eigenvalue weighted by Gasteiger charge is -2.20. The van der Waals surface area contributed by atoms with E-state index in [4.69, 9.17) is 0 Å². The zero-order chi connectivity index (χ0) is 22.6. The summed E-state index contributed by atoms with van der Waals surface area (Å²) in [6.07, 6.45) is 0. The molecule has 0 fully saturated rings. The van der Waals surface area contributed by atoms with E-state index < -0.39 is 14.9 Å². The maximum Gasteiger partial charge on any atom is 0.270 e. The number of nitrogens with zero attached hydrogens (tertiary/aromatic N) is 3. The Morgan fingerprint density at radius 1 is 1.03 bits per heavy atom. The SMILES string of the molecule is CCN(CC)S(=O)(=O)c1cc([N+](=O)[O-])ccc1N/N=C(\C)c1ccc2ccccc2c1. The van der Waals surface area contributed by atoms with Gasteiger partial charge in [0.05, 0.1) is 16.3 Å². The van der Waals surface area contributed by atoms with Crippen molar-refractivity contribution in [3.05, 3.63) is 76.3 Å². The molecule has 0 radical (unpaired) electrons. The highest BCUT2D eigenvalue weighted by atomic mass is 32.2. The average molecular weight is 441 g/mol. The maximum atomic E-state index is 13.1. The van der Waals surface area contributed by atoms with Crippen molar-refractivity contribution in [3.63, 3.8) is 0 Å². The molecule has 0 aliphatic heterocycles. The van der Waals surface area contributed by atoms with Gasteiger partial charge >= 0.3 is 0 Å². The van der Waals surface area contributed by atoms with Crippen molar-refractivity contribution >= 4 is 37.9 Å². The molecule has 0 saturated carbocycles. The van der Waals surface area contributed by atoms with Crippen LogP contribution in [0.3, 0.4) is 0 Å². The normalized spacial score (nSPS) is 12.3. The molecule has 0 saturated heterocycles. The Morgan fingerprint density at radius 2 is 1.71 bits per heavy atom. The van der Waals surface area contributed by atoms with Gasteiger partial charge < -0.3 is 0 Å². The van der Waals surface area contributed by atoms with Gasteiger partial charge in [-0.05, 0) is 35.4 Å². The van der Waals surface area contributed by atoms with Gasteiger partial charge in [-0.25, -0.2) is 8.42 Å². The van der Waals surface area contributed by atoms with Crippen molar-refractivity contribution in [2.75, 3.05) is 18.5 Å². The molecule has 0 bridgehead atoms. The van der Waals surface area contributed by atoms with E-state index in [0.717, 1.165) is 22.4 Å². The van der Waals surface area contributed by atoms with Crippen LogP contribution < -0.4 is 5.43 Å². The molecule has 1 N–H and O–H groups in total. The van der Waals surface area contributed by atoms with E-state index >= 15 is 0 Å². The lowest BCUT2D eigenvalue weighted by Crippen LogP contribution is -2.31. The number of hydrazone groups is 1. The quantitative estimate of drug-likeness (QED) is 0.313. The number of hydrogen-bond donors (Lipinski definition) is 1. The van der Waals surface area contributed by atoms with E-state index in [-0.39, 0.29) is 29.4 Å². The molecule has 8 nitrogen and oxygen atoms in total. The second-order valence-electron chi connectivity index (χ2n) is 6.90. The first kappa shape index (κ1) is 22.4. The van der Waals surface area contributed by atoms with Crippen molar-refractivity contribution in [1.82, 2.24) is 4.31 Å². The van der Waals surface area contributed by atoms with Crippen LogP contribution in [0.5, 0.6) is 0 Å². The Labute approximate surface area is 181 Å². The number of nitro groups is 1. The molecule has 162 valence electrons. The van der Waals surface area contributed by atoms with Gasteiger partial charge in [0, 0.05) is 25.2 Å². The van der Waals surface area contributed by atoms with Crippen LogP contribution in [0.25, 0.3) is 10.8 Å². The van der Waals surface area contributed by atoms with Gasteiger partial charge in [-0.1, -0.05) is 50.2 Å². The average Bonchev–Trinajstić information content (AvgIpc) is 2.77. The Kier molecular flexibility index (Phi) is 6.67. The summed E-state index contributed by atoms with van der Waals surface area (Å²) in [6.45, 7) is 5.74. The molecule has 0 heterocycles. The summed E-state index contributed by atoms with van der Waals surface area (Å²) in [5.74, 6) is 0. The van der Waals surface area contributed by atoms with Gasteiger partial charge in [-0.15, -0.1) is 0 Å². The van der Waals surface area contributed by atoms with Crippen molar-refractivity contribution in [2.45, 2.75) is 25.7 Å². The van der Waals surface area contributed by atoms with E-state index in [9.17, 15) is 18.5 Å². The molecule has 3 rings (SSSR count). The molecule has 0 spiro atoms. The van der Waals surface area contributed by atoms with Gasteiger partial charge in [-0.2, -0.15) is 9.41 Å². The van der Waals surface area contributed by atoms with Crippen molar-refractivity contribution < 1.29 is 13.3 Å². The Morgan fingerprint density at radius 3 is 2.35 bits per heavy atom. The van der Waals surface area contributed by atoms with E-state index in [1.165, 1.54) is 16.4 Å². The molecule has 3 aromatic rings. The van der Waals surface area contributed by atoms with Gasteiger partial charge in [0.1, 0.15) is 4.90 Å². The van der Waals surface area contributed by atoms with Crippen LogP contribution in [0, 0.1) is 10.1 Å². The van der Waals surface area contributed by atoms with Crippen LogP contribution in [0.15, 0.2) is 70.7 Å². The molecule has 0 atom stereocenters. The largest absolute Gasteiger partial charge is 0.277 e. The second kappa shape index (κ2) is 9.23. The summed E-state index contributed by atoms with van der Waals surface area (Å²) in [5, 5.41) is 17.7. The Bertz CT molecular complexity index is 1250. The molecular formula is C22H24N4O4S. The van der Waals surface area contributed by atoms with Gasteiger partial charge in [0.2, 0.25) is 10.0 Å². The predicted molar refractivity (Wildman–Crippen MR) is 123 cm³/mol. The highest BCUT2D eigenvalue weighted by Crippen LogP contribution is 2.29. The molecule has 3 aromatic carbocycles. The number of benzene rings is 3.